The molecule has 0 atom stereocenters. The molecule has 2 aromatic rings. The summed E-state index contributed by atoms with van der Waals surface area (Å²) in [4.78, 5) is 11.9. The van der Waals surface area contributed by atoms with Crippen LogP contribution in [0.5, 0.6) is 0 Å². The fourth-order valence-corrected chi connectivity index (χ4v) is 1.75. The number of amides is 1. The van der Waals surface area contributed by atoms with E-state index in [-0.39, 0.29) is 5.91 Å². The lowest BCUT2D eigenvalue weighted by atomic mass is 10.2. The number of anilines is 1. The van der Waals surface area contributed by atoms with Gasteiger partial charge in [-0.2, -0.15) is 0 Å². The SMILES string of the molecule is NCc1ccc(NC(=O)c2cccc(Cl)c2)cc1. The molecule has 4 heteroatoms. The molecule has 3 N–H and O–H groups in total. The van der Waals surface area contributed by atoms with Crippen LogP contribution in [0, 0.1) is 0 Å². The molecule has 0 spiro atoms. The summed E-state index contributed by atoms with van der Waals surface area (Å²) < 4.78 is 0. The molecule has 0 heterocycles. The molecular weight excluding hydrogens is 248 g/mol. The molecule has 0 aliphatic heterocycles. The van der Waals surface area contributed by atoms with Gasteiger partial charge in [-0.3, -0.25) is 4.79 Å². The number of hydrogen-bond donors (Lipinski definition) is 2. The Bertz CT molecular complexity index is 552. The van der Waals surface area contributed by atoms with Crippen molar-refractivity contribution in [3.63, 3.8) is 0 Å². The molecule has 0 saturated heterocycles. The van der Waals surface area contributed by atoms with E-state index in [0.717, 1.165) is 11.3 Å². The van der Waals surface area contributed by atoms with E-state index in [1.165, 1.54) is 0 Å². The van der Waals surface area contributed by atoms with E-state index in [9.17, 15) is 4.79 Å². The third kappa shape index (κ3) is 3.09. The van der Waals surface area contributed by atoms with Crippen LogP contribution >= 0.6 is 11.6 Å². The number of hydrogen-bond acceptors (Lipinski definition) is 2. The van der Waals surface area contributed by atoms with Gasteiger partial charge in [0.1, 0.15) is 0 Å². The van der Waals surface area contributed by atoms with Gasteiger partial charge < -0.3 is 11.1 Å². The average Bonchev–Trinajstić information content (AvgIpc) is 2.39. The zero-order valence-electron chi connectivity index (χ0n) is 9.69. The van der Waals surface area contributed by atoms with Crippen LogP contribution in [0.15, 0.2) is 48.5 Å². The average molecular weight is 261 g/mol. The van der Waals surface area contributed by atoms with Gasteiger partial charge in [0, 0.05) is 22.8 Å². The number of nitrogens with one attached hydrogen (secondary N) is 1. The minimum absolute atomic E-state index is 0.182. The molecule has 0 aromatic heterocycles. The highest BCUT2D eigenvalue weighted by molar-refractivity contribution is 6.31. The lowest BCUT2D eigenvalue weighted by Crippen LogP contribution is -2.11. The second kappa shape index (κ2) is 5.67. The number of carbonyl (C=O) groups is 1. The maximum absolute atomic E-state index is 11.9. The third-order valence-electron chi connectivity index (χ3n) is 2.53. The molecule has 3 nitrogen and oxygen atoms in total. The highest BCUT2D eigenvalue weighted by Gasteiger charge is 2.06. The van der Waals surface area contributed by atoms with Crippen molar-refractivity contribution >= 4 is 23.2 Å². The molecule has 18 heavy (non-hydrogen) atoms. The van der Waals surface area contributed by atoms with Gasteiger partial charge in [0.05, 0.1) is 0 Å². The molecule has 0 saturated carbocycles. The highest BCUT2D eigenvalue weighted by atomic mass is 35.5. The van der Waals surface area contributed by atoms with Crippen molar-refractivity contribution in [2.24, 2.45) is 5.73 Å². The molecule has 2 rings (SSSR count). The predicted molar refractivity (Wildman–Crippen MR) is 73.7 cm³/mol. The zero-order valence-corrected chi connectivity index (χ0v) is 10.4. The summed E-state index contributed by atoms with van der Waals surface area (Å²) in [6.07, 6.45) is 0. The molecule has 92 valence electrons. The van der Waals surface area contributed by atoms with Crippen molar-refractivity contribution in [3.05, 3.63) is 64.7 Å². The Labute approximate surface area is 111 Å². The number of halogens is 1. The number of benzene rings is 2. The van der Waals surface area contributed by atoms with E-state index in [0.29, 0.717) is 17.1 Å². The smallest absolute Gasteiger partial charge is 0.255 e. The predicted octanol–water partition coefficient (Wildman–Crippen LogP) is 3.05. The first-order valence-corrected chi connectivity index (χ1v) is 5.93. The Hall–Kier alpha value is -1.84. The Kier molecular flexibility index (Phi) is 3.97. The Morgan fingerprint density at radius 3 is 2.50 bits per heavy atom. The van der Waals surface area contributed by atoms with Gasteiger partial charge in [-0.05, 0) is 35.9 Å². The lowest BCUT2D eigenvalue weighted by Gasteiger charge is -2.06. The number of rotatable bonds is 3. The summed E-state index contributed by atoms with van der Waals surface area (Å²) >= 11 is 5.84. The maximum Gasteiger partial charge on any atom is 0.255 e. The summed E-state index contributed by atoms with van der Waals surface area (Å²) in [7, 11) is 0. The van der Waals surface area contributed by atoms with Crippen LogP contribution in [0.1, 0.15) is 15.9 Å². The van der Waals surface area contributed by atoms with Crippen LogP contribution in [0.25, 0.3) is 0 Å². The first-order chi connectivity index (χ1) is 8.69. The van der Waals surface area contributed by atoms with Gasteiger partial charge in [0.15, 0.2) is 0 Å². The molecule has 0 fully saturated rings. The fourth-order valence-electron chi connectivity index (χ4n) is 1.56. The van der Waals surface area contributed by atoms with E-state index in [1.54, 1.807) is 24.3 Å². The van der Waals surface area contributed by atoms with Crippen LogP contribution in [-0.4, -0.2) is 5.91 Å². The van der Waals surface area contributed by atoms with Gasteiger partial charge in [0.2, 0.25) is 0 Å². The summed E-state index contributed by atoms with van der Waals surface area (Å²) in [6, 6.07) is 14.2. The summed E-state index contributed by atoms with van der Waals surface area (Å²) in [6.45, 7) is 0.489. The minimum atomic E-state index is -0.182. The van der Waals surface area contributed by atoms with Crippen LogP contribution < -0.4 is 11.1 Å². The zero-order chi connectivity index (χ0) is 13.0. The Balaban J connectivity index is 2.11. The van der Waals surface area contributed by atoms with Gasteiger partial charge >= 0.3 is 0 Å². The first-order valence-electron chi connectivity index (χ1n) is 5.55. The van der Waals surface area contributed by atoms with E-state index >= 15 is 0 Å². The van der Waals surface area contributed by atoms with Crippen LogP contribution in [0.4, 0.5) is 5.69 Å². The Morgan fingerprint density at radius 2 is 1.89 bits per heavy atom. The maximum atomic E-state index is 11.9. The standard InChI is InChI=1S/C14H13ClN2O/c15-12-3-1-2-11(8-12)14(18)17-13-6-4-10(9-16)5-7-13/h1-8H,9,16H2,(H,17,18). The van der Waals surface area contributed by atoms with Crippen molar-refractivity contribution in [2.45, 2.75) is 6.54 Å². The summed E-state index contributed by atoms with van der Waals surface area (Å²) in [5.74, 6) is -0.182. The number of nitrogens with two attached hydrogens (primary N) is 1. The second-order valence-corrected chi connectivity index (χ2v) is 4.30. The van der Waals surface area contributed by atoms with E-state index in [4.69, 9.17) is 17.3 Å². The van der Waals surface area contributed by atoms with Crippen molar-refractivity contribution in [3.8, 4) is 0 Å². The van der Waals surface area contributed by atoms with Crippen molar-refractivity contribution < 1.29 is 4.79 Å². The topological polar surface area (TPSA) is 55.1 Å². The summed E-state index contributed by atoms with van der Waals surface area (Å²) in [5.41, 5.74) is 7.80. The quantitative estimate of drug-likeness (QED) is 0.891. The fraction of sp³-hybridized carbons (Fsp3) is 0.0714. The van der Waals surface area contributed by atoms with Crippen LogP contribution in [-0.2, 0) is 6.54 Å². The van der Waals surface area contributed by atoms with E-state index in [1.807, 2.05) is 24.3 Å². The first kappa shape index (κ1) is 12.6. The third-order valence-corrected chi connectivity index (χ3v) is 2.77. The van der Waals surface area contributed by atoms with Crippen LogP contribution in [0.3, 0.4) is 0 Å². The monoisotopic (exact) mass is 260 g/mol. The normalized spacial score (nSPS) is 10.1. The summed E-state index contributed by atoms with van der Waals surface area (Å²) in [5, 5.41) is 3.34. The molecule has 0 radical (unpaired) electrons. The van der Waals surface area contributed by atoms with E-state index in [2.05, 4.69) is 5.32 Å². The number of carbonyl (C=O) groups excluding carboxylic acids is 1. The highest BCUT2D eigenvalue weighted by Crippen LogP contribution is 2.14. The minimum Gasteiger partial charge on any atom is -0.326 e. The van der Waals surface area contributed by atoms with Gasteiger partial charge in [-0.25, -0.2) is 0 Å². The molecule has 0 unspecified atom stereocenters. The van der Waals surface area contributed by atoms with Crippen LogP contribution in [0.2, 0.25) is 5.02 Å². The van der Waals surface area contributed by atoms with Gasteiger partial charge in [-0.1, -0.05) is 29.8 Å². The van der Waals surface area contributed by atoms with Crippen molar-refractivity contribution in [1.82, 2.24) is 0 Å². The molecule has 1 amide bonds. The largest absolute Gasteiger partial charge is 0.326 e. The molecular formula is C14H13ClN2O. The molecule has 0 bridgehead atoms. The molecule has 2 aromatic carbocycles. The molecule has 0 aliphatic carbocycles. The lowest BCUT2D eigenvalue weighted by molar-refractivity contribution is 0.102. The van der Waals surface area contributed by atoms with Gasteiger partial charge in [0.25, 0.3) is 5.91 Å². The second-order valence-electron chi connectivity index (χ2n) is 3.87. The van der Waals surface area contributed by atoms with Crippen molar-refractivity contribution in [1.29, 1.82) is 0 Å². The van der Waals surface area contributed by atoms with E-state index < -0.39 is 0 Å². The van der Waals surface area contributed by atoms with Crippen molar-refractivity contribution in [2.75, 3.05) is 5.32 Å². The molecule has 0 aliphatic rings. The van der Waals surface area contributed by atoms with Gasteiger partial charge in [-0.15, -0.1) is 0 Å². The Morgan fingerprint density at radius 1 is 1.17 bits per heavy atom.